The van der Waals surface area contributed by atoms with Crippen LogP contribution in [0.5, 0.6) is 0 Å². The normalized spacial score (nSPS) is 15.3. The van der Waals surface area contributed by atoms with Gasteiger partial charge in [0.2, 0.25) is 17.7 Å². The van der Waals surface area contributed by atoms with Crippen molar-refractivity contribution < 1.29 is 23.9 Å². The standard InChI is InChI=1S/C43H59N5O5/c1-42(2,3)53-41(52)44-43(4,5)25-15-20-38(49)46(8)36(30-32-21-22-33-18-13-14-19-34(33)28-32)39(50)47(9)37(29-31-16-11-10-12-17-31)40(51)48-26-23-35(24-27-48)45(6)7/h10-22,28,35-37H,23-27,29-30H2,1-9H3,(H,44,52)/b20-15+/t36-,37-/m1/s1. The van der Waals surface area contributed by atoms with Gasteiger partial charge in [0, 0.05) is 51.6 Å². The van der Waals surface area contributed by atoms with Gasteiger partial charge in [0.25, 0.3) is 0 Å². The van der Waals surface area contributed by atoms with Crippen molar-refractivity contribution >= 4 is 34.6 Å². The number of hydrogen-bond donors (Lipinski definition) is 1. The zero-order valence-electron chi connectivity index (χ0n) is 33.1. The number of nitrogens with one attached hydrogen (secondary N) is 1. The maximum absolute atomic E-state index is 14.8. The minimum atomic E-state index is -0.892. The highest BCUT2D eigenvalue weighted by molar-refractivity contribution is 5.95. The topological polar surface area (TPSA) is 103 Å². The van der Waals surface area contributed by atoms with E-state index in [0.29, 0.717) is 32.0 Å². The number of ether oxygens (including phenoxy) is 1. The van der Waals surface area contributed by atoms with Gasteiger partial charge < -0.3 is 29.7 Å². The van der Waals surface area contributed by atoms with Gasteiger partial charge in [-0.15, -0.1) is 0 Å². The first-order valence-corrected chi connectivity index (χ1v) is 18.6. The van der Waals surface area contributed by atoms with Crippen LogP contribution in [-0.2, 0) is 32.0 Å². The van der Waals surface area contributed by atoms with Gasteiger partial charge in [-0.25, -0.2) is 4.79 Å². The third-order valence-electron chi connectivity index (χ3n) is 9.95. The fraction of sp³-hybridized carbons (Fsp3) is 0.488. The van der Waals surface area contributed by atoms with Crippen molar-refractivity contribution in [2.45, 2.75) is 96.0 Å². The minimum Gasteiger partial charge on any atom is -0.444 e. The van der Waals surface area contributed by atoms with Gasteiger partial charge in [-0.05, 0) is 96.0 Å². The molecule has 1 saturated heterocycles. The van der Waals surface area contributed by atoms with Gasteiger partial charge >= 0.3 is 6.09 Å². The van der Waals surface area contributed by atoms with E-state index < -0.39 is 29.3 Å². The first-order valence-electron chi connectivity index (χ1n) is 18.6. The zero-order chi connectivity index (χ0) is 38.9. The molecule has 4 amide bonds. The maximum Gasteiger partial charge on any atom is 0.408 e. The number of alkyl carbamates (subject to hydrolysis) is 1. The smallest absolute Gasteiger partial charge is 0.408 e. The highest BCUT2D eigenvalue weighted by atomic mass is 16.6. The Hall–Kier alpha value is -4.70. The number of hydrogen-bond acceptors (Lipinski definition) is 6. The molecule has 0 saturated carbocycles. The van der Waals surface area contributed by atoms with Crippen LogP contribution in [0.1, 0.15) is 65.0 Å². The molecule has 1 heterocycles. The van der Waals surface area contributed by atoms with Crippen molar-refractivity contribution in [3.63, 3.8) is 0 Å². The Morgan fingerprint density at radius 1 is 0.792 bits per heavy atom. The molecule has 1 fully saturated rings. The summed E-state index contributed by atoms with van der Waals surface area (Å²) in [5.41, 5.74) is 0.528. The van der Waals surface area contributed by atoms with E-state index in [-0.39, 0.29) is 24.1 Å². The lowest BCUT2D eigenvalue weighted by Crippen LogP contribution is -2.57. The lowest BCUT2D eigenvalue weighted by Gasteiger charge is -2.40. The van der Waals surface area contributed by atoms with E-state index in [1.807, 2.05) is 85.5 Å². The van der Waals surface area contributed by atoms with Crippen LogP contribution in [0.2, 0.25) is 0 Å². The summed E-state index contributed by atoms with van der Waals surface area (Å²) in [7, 11) is 7.45. The van der Waals surface area contributed by atoms with Gasteiger partial charge in [0.1, 0.15) is 17.7 Å². The van der Waals surface area contributed by atoms with Crippen LogP contribution in [0.3, 0.4) is 0 Å². The first kappa shape index (κ1) is 41.1. The van der Waals surface area contributed by atoms with E-state index in [9.17, 15) is 19.2 Å². The summed E-state index contributed by atoms with van der Waals surface area (Å²) in [5, 5.41) is 4.98. The number of rotatable bonds is 13. The Morgan fingerprint density at radius 2 is 1.40 bits per heavy atom. The molecule has 0 bridgehead atoms. The van der Waals surface area contributed by atoms with Crippen LogP contribution in [0.15, 0.2) is 84.9 Å². The second-order valence-electron chi connectivity index (χ2n) is 16.1. The molecule has 10 nitrogen and oxygen atoms in total. The van der Waals surface area contributed by atoms with Crippen LogP contribution in [0.25, 0.3) is 10.8 Å². The Labute approximate surface area is 316 Å². The molecule has 3 aromatic carbocycles. The van der Waals surface area contributed by atoms with Crippen LogP contribution >= 0.6 is 0 Å². The van der Waals surface area contributed by atoms with Crippen molar-refractivity contribution in [3.8, 4) is 0 Å². The second kappa shape index (κ2) is 17.9. The number of carbonyl (C=O) groups excluding carboxylic acids is 4. The number of fused-ring (bicyclic) bond motifs is 1. The average molecular weight is 726 g/mol. The summed E-state index contributed by atoms with van der Waals surface area (Å²) in [6.07, 6.45) is 5.32. The third-order valence-corrected chi connectivity index (χ3v) is 9.95. The molecule has 0 spiro atoms. The van der Waals surface area contributed by atoms with Crippen LogP contribution < -0.4 is 5.32 Å². The summed E-state index contributed by atoms with van der Waals surface area (Å²) in [6, 6.07) is 22.6. The van der Waals surface area contributed by atoms with E-state index in [2.05, 4.69) is 30.4 Å². The Balaban J connectivity index is 1.60. The molecule has 0 aliphatic carbocycles. The molecule has 53 heavy (non-hydrogen) atoms. The number of likely N-dealkylation sites (tertiary alicyclic amines) is 1. The van der Waals surface area contributed by atoms with E-state index in [4.69, 9.17) is 4.74 Å². The van der Waals surface area contributed by atoms with Gasteiger partial charge in [-0.2, -0.15) is 0 Å². The number of piperidine rings is 1. The second-order valence-corrected chi connectivity index (χ2v) is 16.1. The fourth-order valence-electron chi connectivity index (χ4n) is 6.76. The SMILES string of the molecule is CN(C)C1CCN(C(=O)[C@@H](Cc2ccccc2)N(C)C(=O)[C@@H](Cc2ccc3ccccc3c2)N(C)C(=O)/C=C/CC(C)(C)NC(=O)OC(C)(C)C)CC1. The van der Waals surface area contributed by atoms with Crippen molar-refractivity contribution in [3.05, 3.63) is 96.1 Å². The molecule has 4 rings (SSSR count). The van der Waals surface area contributed by atoms with Crippen LogP contribution in [0.4, 0.5) is 4.79 Å². The van der Waals surface area contributed by atoms with Crippen LogP contribution in [0, 0.1) is 0 Å². The van der Waals surface area contributed by atoms with E-state index >= 15 is 0 Å². The van der Waals surface area contributed by atoms with E-state index in [1.165, 1.54) is 11.0 Å². The predicted octanol–water partition coefficient (Wildman–Crippen LogP) is 6.08. The first-order chi connectivity index (χ1) is 24.9. The Bertz CT molecular complexity index is 1740. The molecule has 3 aromatic rings. The molecular weight excluding hydrogens is 667 g/mol. The number of carbonyl (C=O) groups is 4. The number of likely N-dealkylation sites (N-methyl/N-ethyl adjacent to an activating group) is 2. The highest BCUT2D eigenvalue weighted by Crippen LogP contribution is 2.23. The number of amides is 4. The predicted molar refractivity (Wildman–Crippen MR) is 211 cm³/mol. The molecular formula is C43H59N5O5. The Kier molecular flexibility index (Phi) is 13.9. The summed E-state index contributed by atoms with van der Waals surface area (Å²) in [5.74, 6) is -0.756. The minimum absolute atomic E-state index is 0.0834. The number of benzene rings is 3. The lowest BCUT2D eigenvalue weighted by atomic mass is 9.97. The molecule has 0 aromatic heterocycles. The van der Waals surface area contributed by atoms with Gasteiger partial charge in [0.15, 0.2) is 0 Å². The van der Waals surface area contributed by atoms with Gasteiger partial charge in [0.05, 0.1) is 0 Å². The molecule has 2 atom stereocenters. The average Bonchev–Trinajstić information content (AvgIpc) is 3.10. The van der Waals surface area contributed by atoms with Crippen molar-refractivity contribution in [2.75, 3.05) is 41.3 Å². The molecule has 10 heteroatoms. The number of nitrogens with zero attached hydrogens (tertiary/aromatic N) is 4. The zero-order valence-corrected chi connectivity index (χ0v) is 33.1. The van der Waals surface area contributed by atoms with Gasteiger partial charge in [-0.1, -0.05) is 78.9 Å². The van der Waals surface area contributed by atoms with Crippen molar-refractivity contribution in [2.24, 2.45) is 0 Å². The quantitative estimate of drug-likeness (QED) is 0.215. The van der Waals surface area contributed by atoms with E-state index in [0.717, 1.165) is 34.7 Å². The summed E-state index contributed by atoms with van der Waals surface area (Å²) in [4.78, 5) is 62.4. The summed E-state index contributed by atoms with van der Waals surface area (Å²) in [6.45, 7) is 10.3. The molecule has 1 aliphatic heterocycles. The monoisotopic (exact) mass is 725 g/mol. The molecule has 286 valence electrons. The molecule has 1 aliphatic rings. The van der Waals surface area contributed by atoms with Crippen molar-refractivity contribution in [1.29, 1.82) is 0 Å². The fourth-order valence-corrected chi connectivity index (χ4v) is 6.76. The molecule has 1 N–H and O–H groups in total. The van der Waals surface area contributed by atoms with Crippen LogP contribution in [-0.4, -0.2) is 114 Å². The molecule has 0 radical (unpaired) electrons. The largest absolute Gasteiger partial charge is 0.444 e. The molecule has 0 unspecified atom stereocenters. The van der Waals surface area contributed by atoms with Gasteiger partial charge in [-0.3, -0.25) is 14.4 Å². The summed E-state index contributed by atoms with van der Waals surface area (Å²) >= 11 is 0. The maximum atomic E-state index is 14.8. The lowest BCUT2D eigenvalue weighted by molar-refractivity contribution is -0.149. The van der Waals surface area contributed by atoms with Crippen molar-refractivity contribution in [1.82, 2.24) is 24.9 Å². The summed E-state index contributed by atoms with van der Waals surface area (Å²) < 4.78 is 5.41. The highest BCUT2D eigenvalue weighted by Gasteiger charge is 2.37. The Morgan fingerprint density at radius 3 is 2.02 bits per heavy atom. The van der Waals surface area contributed by atoms with E-state index in [1.54, 1.807) is 45.8 Å². The third kappa shape index (κ3) is 11.9.